The average Bonchev–Trinajstić information content (AvgIpc) is 2.02. The molecule has 0 bridgehead atoms. The van der Waals surface area contributed by atoms with E-state index in [9.17, 15) is 4.79 Å². The molecule has 0 heterocycles. The van der Waals surface area contributed by atoms with Crippen LogP contribution in [0.2, 0.25) is 5.02 Å². The van der Waals surface area contributed by atoms with E-state index in [1.807, 2.05) is 0 Å². The molecule has 1 aromatic rings. The maximum absolute atomic E-state index is 10.4. The fraction of sp³-hybridized carbons (Fsp3) is 0. The second kappa shape index (κ2) is 3.96. The van der Waals surface area contributed by atoms with Crippen molar-refractivity contribution < 1.29 is 9.90 Å². The third kappa shape index (κ3) is 2.80. The van der Waals surface area contributed by atoms with Crippen molar-refractivity contribution in [2.45, 2.75) is 0 Å². The molecule has 1 amide bonds. The van der Waals surface area contributed by atoms with Gasteiger partial charge in [0.25, 0.3) is 0 Å². The van der Waals surface area contributed by atoms with Crippen molar-refractivity contribution in [2.75, 3.05) is 0 Å². The van der Waals surface area contributed by atoms with Crippen molar-refractivity contribution in [3.63, 3.8) is 0 Å². The van der Waals surface area contributed by atoms with Gasteiger partial charge < -0.3 is 10.8 Å². The second-order valence-corrected chi connectivity index (χ2v) is 2.85. The molecule has 0 saturated heterocycles. The van der Waals surface area contributed by atoms with Crippen molar-refractivity contribution in [3.05, 3.63) is 34.9 Å². The van der Waals surface area contributed by atoms with E-state index in [1.54, 1.807) is 6.07 Å². The Hall–Kier alpha value is -1.48. The van der Waals surface area contributed by atoms with Gasteiger partial charge in [-0.25, -0.2) is 0 Å². The first kappa shape index (κ1) is 9.61. The van der Waals surface area contributed by atoms with Gasteiger partial charge in [-0.3, -0.25) is 4.79 Å². The predicted molar refractivity (Wildman–Crippen MR) is 51.3 cm³/mol. The van der Waals surface area contributed by atoms with Gasteiger partial charge >= 0.3 is 0 Å². The molecule has 1 aromatic carbocycles. The molecule has 0 radical (unpaired) electrons. The van der Waals surface area contributed by atoms with Crippen molar-refractivity contribution in [3.8, 4) is 5.75 Å². The van der Waals surface area contributed by atoms with E-state index in [0.717, 1.165) is 0 Å². The lowest BCUT2D eigenvalue weighted by molar-refractivity contribution is -0.113. The Morgan fingerprint density at radius 1 is 1.54 bits per heavy atom. The van der Waals surface area contributed by atoms with Crippen molar-refractivity contribution in [1.29, 1.82) is 0 Å². The van der Waals surface area contributed by atoms with Crippen LogP contribution in [0.15, 0.2) is 24.3 Å². The van der Waals surface area contributed by atoms with Crippen LogP contribution in [0.25, 0.3) is 6.08 Å². The van der Waals surface area contributed by atoms with Gasteiger partial charge in [0.05, 0.1) is 5.02 Å². The number of benzene rings is 1. The number of phenols is 1. The van der Waals surface area contributed by atoms with E-state index < -0.39 is 5.91 Å². The van der Waals surface area contributed by atoms with Gasteiger partial charge in [-0.15, -0.1) is 0 Å². The van der Waals surface area contributed by atoms with Crippen LogP contribution in [0.5, 0.6) is 5.75 Å². The molecular weight excluding hydrogens is 190 g/mol. The summed E-state index contributed by atoms with van der Waals surface area (Å²) >= 11 is 5.75. The molecule has 0 saturated carbocycles. The van der Waals surface area contributed by atoms with E-state index in [-0.39, 0.29) is 5.75 Å². The highest BCUT2D eigenvalue weighted by atomic mass is 35.5. The Bertz CT molecular complexity index is 361. The molecule has 0 aromatic heterocycles. The van der Waals surface area contributed by atoms with Crippen LogP contribution < -0.4 is 5.73 Å². The van der Waals surface area contributed by atoms with Gasteiger partial charge in [0.1, 0.15) is 5.75 Å². The Balaban J connectivity index is 2.96. The van der Waals surface area contributed by atoms with Gasteiger partial charge in [0.15, 0.2) is 0 Å². The van der Waals surface area contributed by atoms with Gasteiger partial charge in [-0.05, 0) is 29.8 Å². The first-order valence-corrected chi connectivity index (χ1v) is 3.93. The molecule has 0 fully saturated rings. The van der Waals surface area contributed by atoms with Crippen molar-refractivity contribution >= 4 is 23.6 Å². The minimum atomic E-state index is -0.538. The number of halogens is 1. The summed E-state index contributed by atoms with van der Waals surface area (Å²) in [6.07, 6.45) is 2.70. The molecule has 3 nitrogen and oxygen atoms in total. The highest BCUT2D eigenvalue weighted by molar-refractivity contribution is 6.32. The zero-order chi connectivity index (χ0) is 9.84. The lowest BCUT2D eigenvalue weighted by Gasteiger charge is -1.97. The monoisotopic (exact) mass is 197 g/mol. The molecular formula is C9H8ClNO2. The third-order valence-corrected chi connectivity index (χ3v) is 1.74. The largest absolute Gasteiger partial charge is 0.508 e. The fourth-order valence-corrected chi connectivity index (χ4v) is 1.06. The summed E-state index contributed by atoms with van der Waals surface area (Å²) in [6.45, 7) is 0. The predicted octanol–water partition coefficient (Wildman–Crippen LogP) is 1.54. The quantitative estimate of drug-likeness (QED) is 0.707. The summed E-state index contributed by atoms with van der Waals surface area (Å²) in [4.78, 5) is 10.4. The Kier molecular flexibility index (Phi) is 2.93. The summed E-state index contributed by atoms with van der Waals surface area (Å²) in [5.41, 5.74) is 5.54. The van der Waals surface area contributed by atoms with Crippen LogP contribution in [0.4, 0.5) is 0 Å². The number of aromatic hydroxyl groups is 1. The smallest absolute Gasteiger partial charge is 0.241 e. The minimum Gasteiger partial charge on any atom is -0.508 e. The summed E-state index contributed by atoms with van der Waals surface area (Å²) in [5, 5.41) is 9.39. The first-order chi connectivity index (χ1) is 6.09. The van der Waals surface area contributed by atoms with Crippen LogP contribution in [0, 0.1) is 0 Å². The summed E-state index contributed by atoms with van der Waals surface area (Å²) in [7, 11) is 0. The average molecular weight is 198 g/mol. The van der Waals surface area contributed by atoms with Gasteiger partial charge in [0, 0.05) is 6.08 Å². The van der Waals surface area contributed by atoms with E-state index in [0.29, 0.717) is 10.6 Å². The van der Waals surface area contributed by atoms with Crippen LogP contribution in [-0.4, -0.2) is 11.0 Å². The third-order valence-electron chi connectivity index (χ3n) is 1.41. The van der Waals surface area contributed by atoms with Crippen LogP contribution >= 0.6 is 11.6 Å². The molecule has 4 heteroatoms. The minimum absolute atomic E-state index is 0.0845. The first-order valence-electron chi connectivity index (χ1n) is 3.55. The normalized spacial score (nSPS) is 10.5. The van der Waals surface area contributed by atoms with Crippen LogP contribution in [0.1, 0.15) is 5.56 Å². The molecule has 0 aliphatic heterocycles. The molecule has 0 spiro atoms. The molecule has 0 atom stereocenters. The Labute approximate surface area is 80.4 Å². The summed E-state index contributed by atoms with van der Waals surface area (Å²) in [5.74, 6) is -0.453. The van der Waals surface area contributed by atoms with E-state index in [1.165, 1.54) is 24.3 Å². The second-order valence-electron chi connectivity index (χ2n) is 2.44. The van der Waals surface area contributed by atoms with Gasteiger partial charge in [0.2, 0.25) is 5.91 Å². The standard InChI is InChI=1S/C9H8ClNO2/c10-8-5-7(12)3-1-6(8)2-4-9(11)13/h1-5,12H,(H2,11,13). The Morgan fingerprint density at radius 2 is 2.23 bits per heavy atom. The number of amides is 1. The number of phenolic OH excluding ortho intramolecular Hbond substituents is 1. The number of hydrogen-bond acceptors (Lipinski definition) is 2. The van der Waals surface area contributed by atoms with Gasteiger partial charge in [-0.2, -0.15) is 0 Å². The summed E-state index contributed by atoms with van der Waals surface area (Å²) < 4.78 is 0. The number of rotatable bonds is 2. The molecule has 0 unspecified atom stereocenters. The van der Waals surface area contributed by atoms with Gasteiger partial charge in [-0.1, -0.05) is 11.6 Å². The molecule has 68 valence electrons. The lowest BCUT2D eigenvalue weighted by atomic mass is 10.2. The van der Waals surface area contributed by atoms with E-state index >= 15 is 0 Å². The number of hydrogen-bond donors (Lipinski definition) is 2. The van der Waals surface area contributed by atoms with E-state index in [4.69, 9.17) is 22.4 Å². The Morgan fingerprint density at radius 3 is 2.77 bits per heavy atom. The van der Waals surface area contributed by atoms with Crippen LogP contribution in [0.3, 0.4) is 0 Å². The van der Waals surface area contributed by atoms with E-state index in [2.05, 4.69) is 0 Å². The number of carbonyl (C=O) groups excluding carboxylic acids is 1. The molecule has 3 N–H and O–H groups in total. The number of primary amides is 1. The molecule has 13 heavy (non-hydrogen) atoms. The molecule has 0 aliphatic rings. The van der Waals surface area contributed by atoms with Crippen LogP contribution in [-0.2, 0) is 4.79 Å². The molecule has 1 rings (SSSR count). The zero-order valence-corrected chi connectivity index (χ0v) is 7.45. The number of nitrogens with two attached hydrogens (primary N) is 1. The SMILES string of the molecule is NC(=O)C=Cc1ccc(O)cc1Cl. The highest BCUT2D eigenvalue weighted by Crippen LogP contribution is 2.22. The maximum atomic E-state index is 10.4. The fourth-order valence-electron chi connectivity index (χ4n) is 0.823. The lowest BCUT2D eigenvalue weighted by Crippen LogP contribution is -2.05. The number of carbonyl (C=O) groups is 1. The van der Waals surface area contributed by atoms with Crippen molar-refractivity contribution in [1.82, 2.24) is 0 Å². The zero-order valence-electron chi connectivity index (χ0n) is 6.70. The maximum Gasteiger partial charge on any atom is 0.241 e. The highest BCUT2D eigenvalue weighted by Gasteiger charge is 1.97. The molecule has 0 aliphatic carbocycles. The topological polar surface area (TPSA) is 63.3 Å². The summed E-state index contributed by atoms with van der Waals surface area (Å²) in [6, 6.07) is 4.46. The van der Waals surface area contributed by atoms with Crippen molar-refractivity contribution in [2.24, 2.45) is 5.73 Å².